The highest BCUT2D eigenvalue weighted by Crippen LogP contribution is 2.19. The first-order chi connectivity index (χ1) is 8.95. The predicted octanol–water partition coefficient (Wildman–Crippen LogP) is 2.55. The number of nitrogens with two attached hydrogens (primary N) is 1. The maximum Gasteiger partial charge on any atom is 0.115 e. The Kier molecular flexibility index (Phi) is 6.32. The molecule has 0 aromatic heterocycles. The van der Waals surface area contributed by atoms with E-state index in [1.165, 1.54) is 11.1 Å². The van der Waals surface area contributed by atoms with Gasteiger partial charge in [-0.2, -0.15) is 0 Å². The van der Waals surface area contributed by atoms with Gasteiger partial charge in [-0.25, -0.2) is 0 Å². The van der Waals surface area contributed by atoms with Crippen LogP contribution in [0.5, 0.6) is 5.75 Å². The molecule has 1 aromatic carbocycles. The molecule has 3 N–H and O–H groups in total. The Balaban J connectivity index is 2.77. The Hall–Kier alpha value is -1.06. The summed E-state index contributed by atoms with van der Waals surface area (Å²) in [6.07, 6.45) is 1.83. The fourth-order valence-corrected chi connectivity index (χ4v) is 2.61. The Labute approximate surface area is 117 Å². The third-order valence-corrected chi connectivity index (χ3v) is 3.57. The number of rotatable bonds is 7. The standard InChI is InChI=1S/C16H28N2O/c1-12(2)18(13(3)4)10-8-15-11-16(19)6-5-14(15)7-9-17/h5-6,11-13,19H,7-10,17H2,1-4H3. The van der Waals surface area contributed by atoms with Crippen LogP contribution in [0.25, 0.3) is 0 Å². The van der Waals surface area contributed by atoms with Crippen molar-refractivity contribution in [1.29, 1.82) is 0 Å². The Bertz CT molecular complexity index is 380. The number of hydrogen-bond acceptors (Lipinski definition) is 3. The number of aromatic hydroxyl groups is 1. The van der Waals surface area contributed by atoms with Crippen molar-refractivity contribution in [1.82, 2.24) is 4.90 Å². The molecule has 3 nitrogen and oxygen atoms in total. The van der Waals surface area contributed by atoms with Gasteiger partial charge < -0.3 is 10.8 Å². The SMILES string of the molecule is CC(C)N(CCc1cc(O)ccc1CCN)C(C)C. The smallest absolute Gasteiger partial charge is 0.115 e. The largest absolute Gasteiger partial charge is 0.508 e. The molecular formula is C16H28N2O. The highest BCUT2D eigenvalue weighted by atomic mass is 16.3. The molecule has 1 rings (SSSR count). The summed E-state index contributed by atoms with van der Waals surface area (Å²) in [5, 5.41) is 9.64. The zero-order valence-electron chi connectivity index (χ0n) is 12.7. The third-order valence-electron chi connectivity index (χ3n) is 3.57. The number of benzene rings is 1. The van der Waals surface area contributed by atoms with E-state index >= 15 is 0 Å². The minimum atomic E-state index is 0.344. The van der Waals surface area contributed by atoms with Crippen LogP contribution >= 0.6 is 0 Å². The normalized spacial score (nSPS) is 11.8. The van der Waals surface area contributed by atoms with Gasteiger partial charge in [-0.15, -0.1) is 0 Å². The molecule has 0 fully saturated rings. The van der Waals surface area contributed by atoms with Gasteiger partial charge in [0.15, 0.2) is 0 Å². The summed E-state index contributed by atoms with van der Waals surface area (Å²) in [4.78, 5) is 2.47. The number of hydrogen-bond donors (Lipinski definition) is 2. The van der Waals surface area contributed by atoms with Gasteiger partial charge >= 0.3 is 0 Å². The average molecular weight is 264 g/mol. The maximum absolute atomic E-state index is 9.64. The van der Waals surface area contributed by atoms with Crippen LogP contribution in [0.15, 0.2) is 18.2 Å². The topological polar surface area (TPSA) is 49.5 Å². The Morgan fingerprint density at radius 3 is 2.21 bits per heavy atom. The zero-order valence-corrected chi connectivity index (χ0v) is 12.7. The Morgan fingerprint density at radius 1 is 1.05 bits per heavy atom. The van der Waals surface area contributed by atoms with Crippen molar-refractivity contribution in [3.05, 3.63) is 29.3 Å². The lowest BCUT2D eigenvalue weighted by atomic mass is 10.0. The molecule has 0 aliphatic rings. The first kappa shape index (κ1) is 16.0. The number of phenols is 1. The van der Waals surface area contributed by atoms with Gasteiger partial charge in [0.25, 0.3) is 0 Å². The molecule has 1 aromatic rings. The van der Waals surface area contributed by atoms with E-state index < -0.39 is 0 Å². The van der Waals surface area contributed by atoms with E-state index in [4.69, 9.17) is 5.73 Å². The first-order valence-corrected chi connectivity index (χ1v) is 7.22. The van der Waals surface area contributed by atoms with E-state index in [0.717, 1.165) is 19.4 Å². The molecule has 0 saturated heterocycles. The zero-order chi connectivity index (χ0) is 14.4. The van der Waals surface area contributed by atoms with Crippen molar-refractivity contribution < 1.29 is 5.11 Å². The van der Waals surface area contributed by atoms with Crippen molar-refractivity contribution >= 4 is 0 Å². The van der Waals surface area contributed by atoms with Crippen molar-refractivity contribution in [3.63, 3.8) is 0 Å². The molecule has 0 aliphatic heterocycles. The molecule has 0 amide bonds. The summed E-state index contributed by atoms with van der Waals surface area (Å²) in [6.45, 7) is 10.6. The van der Waals surface area contributed by atoms with Crippen LogP contribution in [0.4, 0.5) is 0 Å². The van der Waals surface area contributed by atoms with Gasteiger partial charge in [0.1, 0.15) is 5.75 Å². The molecule has 0 saturated carbocycles. The van der Waals surface area contributed by atoms with Gasteiger partial charge in [-0.05, 0) is 70.3 Å². The van der Waals surface area contributed by atoms with Crippen LogP contribution in [0.3, 0.4) is 0 Å². The maximum atomic E-state index is 9.64. The third kappa shape index (κ3) is 4.84. The Morgan fingerprint density at radius 2 is 1.68 bits per heavy atom. The van der Waals surface area contributed by atoms with E-state index in [2.05, 4.69) is 32.6 Å². The molecular weight excluding hydrogens is 236 g/mol. The molecule has 0 heterocycles. The molecule has 0 unspecified atom stereocenters. The summed E-state index contributed by atoms with van der Waals surface area (Å²) in [5.41, 5.74) is 8.12. The van der Waals surface area contributed by atoms with E-state index in [0.29, 0.717) is 24.4 Å². The molecule has 0 radical (unpaired) electrons. The second kappa shape index (κ2) is 7.51. The molecule has 3 heteroatoms. The molecule has 0 bridgehead atoms. The summed E-state index contributed by atoms with van der Waals surface area (Å²) >= 11 is 0. The van der Waals surface area contributed by atoms with Crippen LogP contribution in [0.2, 0.25) is 0 Å². The second-order valence-corrected chi connectivity index (χ2v) is 5.67. The average Bonchev–Trinajstić information content (AvgIpc) is 2.32. The molecule has 0 aliphatic carbocycles. The van der Waals surface area contributed by atoms with Crippen LogP contribution in [-0.4, -0.2) is 35.2 Å². The van der Waals surface area contributed by atoms with Gasteiger partial charge in [-0.3, -0.25) is 4.90 Å². The number of phenolic OH excluding ortho intramolecular Hbond substituents is 1. The van der Waals surface area contributed by atoms with E-state index in [-0.39, 0.29) is 0 Å². The van der Waals surface area contributed by atoms with Crippen LogP contribution in [0, 0.1) is 0 Å². The lowest BCUT2D eigenvalue weighted by Crippen LogP contribution is -2.38. The minimum Gasteiger partial charge on any atom is -0.508 e. The molecule has 0 spiro atoms. The highest BCUT2D eigenvalue weighted by Gasteiger charge is 2.14. The van der Waals surface area contributed by atoms with Crippen LogP contribution in [-0.2, 0) is 12.8 Å². The van der Waals surface area contributed by atoms with Crippen molar-refractivity contribution in [2.45, 2.75) is 52.6 Å². The molecule has 108 valence electrons. The van der Waals surface area contributed by atoms with Gasteiger partial charge in [0.2, 0.25) is 0 Å². The van der Waals surface area contributed by atoms with Crippen molar-refractivity contribution in [3.8, 4) is 5.75 Å². The monoisotopic (exact) mass is 264 g/mol. The fourth-order valence-electron chi connectivity index (χ4n) is 2.61. The van der Waals surface area contributed by atoms with Gasteiger partial charge in [0, 0.05) is 18.6 Å². The van der Waals surface area contributed by atoms with Crippen molar-refractivity contribution in [2.75, 3.05) is 13.1 Å². The van der Waals surface area contributed by atoms with Gasteiger partial charge in [0.05, 0.1) is 0 Å². The first-order valence-electron chi connectivity index (χ1n) is 7.22. The molecule has 19 heavy (non-hydrogen) atoms. The molecule has 0 atom stereocenters. The summed E-state index contributed by atoms with van der Waals surface area (Å²) in [5.74, 6) is 0.344. The van der Waals surface area contributed by atoms with E-state index in [1.54, 1.807) is 6.07 Å². The minimum absolute atomic E-state index is 0.344. The highest BCUT2D eigenvalue weighted by molar-refractivity contribution is 5.35. The van der Waals surface area contributed by atoms with Crippen molar-refractivity contribution in [2.24, 2.45) is 5.73 Å². The summed E-state index contributed by atoms with van der Waals surface area (Å²) in [6, 6.07) is 6.69. The lowest BCUT2D eigenvalue weighted by molar-refractivity contribution is 0.177. The second-order valence-electron chi connectivity index (χ2n) is 5.67. The predicted molar refractivity (Wildman–Crippen MR) is 81.5 cm³/mol. The summed E-state index contributed by atoms with van der Waals surface area (Å²) in [7, 11) is 0. The van der Waals surface area contributed by atoms with Crippen LogP contribution in [0.1, 0.15) is 38.8 Å². The number of nitrogens with zero attached hydrogens (tertiary/aromatic N) is 1. The fraction of sp³-hybridized carbons (Fsp3) is 0.625. The van der Waals surface area contributed by atoms with Crippen LogP contribution < -0.4 is 5.73 Å². The lowest BCUT2D eigenvalue weighted by Gasteiger charge is -2.30. The van der Waals surface area contributed by atoms with Gasteiger partial charge in [-0.1, -0.05) is 6.07 Å². The van der Waals surface area contributed by atoms with E-state index in [1.807, 2.05) is 12.1 Å². The quantitative estimate of drug-likeness (QED) is 0.795. The van der Waals surface area contributed by atoms with E-state index in [9.17, 15) is 5.11 Å². The summed E-state index contributed by atoms with van der Waals surface area (Å²) < 4.78 is 0.